The summed E-state index contributed by atoms with van der Waals surface area (Å²) in [7, 11) is -4.13. The summed E-state index contributed by atoms with van der Waals surface area (Å²) in [6.07, 6.45) is 1.14. The molecule has 3 aromatic rings. The molecule has 0 spiro atoms. The van der Waals surface area contributed by atoms with Gasteiger partial charge in [-0.3, -0.25) is 13.9 Å². The van der Waals surface area contributed by atoms with E-state index in [0.717, 1.165) is 27.4 Å². The predicted molar refractivity (Wildman–Crippen MR) is 156 cm³/mol. The van der Waals surface area contributed by atoms with Crippen molar-refractivity contribution in [3.63, 3.8) is 0 Å². The number of rotatable bonds is 12. The molecular formula is C30H36ClN3O4S. The molecule has 0 heterocycles. The summed E-state index contributed by atoms with van der Waals surface area (Å²) >= 11 is 6.00. The second kappa shape index (κ2) is 13.6. The molecule has 0 aliphatic heterocycles. The molecule has 0 saturated heterocycles. The zero-order valence-corrected chi connectivity index (χ0v) is 24.4. The Kier molecular flexibility index (Phi) is 10.5. The Bertz CT molecular complexity index is 1380. The van der Waals surface area contributed by atoms with Crippen LogP contribution in [0, 0.1) is 13.8 Å². The van der Waals surface area contributed by atoms with Crippen LogP contribution in [0.5, 0.6) is 0 Å². The Morgan fingerprint density at radius 1 is 0.923 bits per heavy atom. The van der Waals surface area contributed by atoms with Gasteiger partial charge in [0.15, 0.2) is 0 Å². The molecule has 0 bridgehead atoms. The van der Waals surface area contributed by atoms with Crippen molar-refractivity contribution in [1.82, 2.24) is 10.2 Å². The molecule has 0 saturated carbocycles. The van der Waals surface area contributed by atoms with Crippen molar-refractivity contribution in [1.29, 1.82) is 0 Å². The van der Waals surface area contributed by atoms with Gasteiger partial charge in [-0.2, -0.15) is 0 Å². The number of carbonyl (C=O) groups excluding carboxylic acids is 2. The van der Waals surface area contributed by atoms with Gasteiger partial charge in [0.05, 0.1) is 10.6 Å². The third-order valence-corrected chi connectivity index (χ3v) is 8.42. The smallest absolute Gasteiger partial charge is 0.264 e. The van der Waals surface area contributed by atoms with E-state index < -0.39 is 28.5 Å². The summed E-state index contributed by atoms with van der Waals surface area (Å²) in [5.74, 6) is -0.740. The van der Waals surface area contributed by atoms with Gasteiger partial charge in [-0.25, -0.2) is 8.42 Å². The molecule has 0 aliphatic carbocycles. The van der Waals surface area contributed by atoms with Crippen LogP contribution in [-0.4, -0.2) is 44.3 Å². The average molecular weight is 570 g/mol. The number of anilines is 1. The lowest BCUT2D eigenvalue weighted by atomic mass is 10.1. The molecule has 2 amide bonds. The molecule has 0 fully saturated rings. The zero-order chi connectivity index (χ0) is 28.6. The van der Waals surface area contributed by atoms with E-state index in [0.29, 0.717) is 23.7 Å². The first kappa shape index (κ1) is 30.2. The molecule has 0 aliphatic rings. The van der Waals surface area contributed by atoms with Crippen molar-refractivity contribution in [2.75, 3.05) is 17.4 Å². The van der Waals surface area contributed by atoms with Crippen LogP contribution in [0.3, 0.4) is 0 Å². The minimum atomic E-state index is -4.13. The third-order valence-electron chi connectivity index (χ3n) is 6.38. The molecule has 3 aromatic carbocycles. The number of amides is 2. The first-order valence-electron chi connectivity index (χ1n) is 13.0. The molecule has 1 atom stereocenters. The number of benzene rings is 3. The van der Waals surface area contributed by atoms with Crippen LogP contribution < -0.4 is 9.62 Å². The number of halogens is 1. The highest BCUT2D eigenvalue weighted by Gasteiger charge is 2.33. The van der Waals surface area contributed by atoms with Gasteiger partial charge in [0.25, 0.3) is 10.0 Å². The van der Waals surface area contributed by atoms with Crippen LogP contribution in [0.1, 0.15) is 43.4 Å². The van der Waals surface area contributed by atoms with Crippen molar-refractivity contribution in [2.24, 2.45) is 0 Å². The number of aryl methyl sites for hydroxylation is 2. The maximum absolute atomic E-state index is 14.0. The van der Waals surface area contributed by atoms with Crippen molar-refractivity contribution < 1.29 is 18.0 Å². The normalized spacial score (nSPS) is 12.0. The molecule has 9 heteroatoms. The molecule has 0 radical (unpaired) electrons. The fraction of sp³-hybridized carbons (Fsp3) is 0.333. The van der Waals surface area contributed by atoms with Gasteiger partial charge < -0.3 is 10.2 Å². The molecular weight excluding hydrogens is 534 g/mol. The summed E-state index contributed by atoms with van der Waals surface area (Å²) in [4.78, 5) is 28.6. The number of carbonyl (C=O) groups is 2. The average Bonchev–Trinajstić information content (AvgIpc) is 2.91. The van der Waals surface area contributed by atoms with Gasteiger partial charge in [-0.15, -0.1) is 0 Å². The molecule has 208 valence electrons. The first-order chi connectivity index (χ1) is 18.6. The first-order valence-corrected chi connectivity index (χ1v) is 14.9. The maximum Gasteiger partial charge on any atom is 0.264 e. The Labute approximate surface area is 236 Å². The minimum absolute atomic E-state index is 0.0130. The number of hydrogen-bond acceptors (Lipinski definition) is 4. The number of nitrogens with one attached hydrogen (secondary N) is 1. The Morgan fingerprint density at radius 3 is 2.18 bits per heavy atom. The molecule has 0 unspecified atom stereocenters. The van der Waals surface area contributed by atoms with Gasteiger partial charge >= 0.3 is 0 Å². The lowest BCUT2D eigenvalue weighted by molar-refractivity contribution is -0.140. The molecule has 0 aromatic heterocycles. The van der Waals surface area contributed by atoms with Crippen LogP contribution in [0.4, 0.5) is 5.69 Å². The lowest BCUT2D eigenvalue weighted by Gasteiger charge is -2.33. The van der Waals surface area contributed by atoms with Crippen LogP contribution >= 0.6 is 11.6 Å². The van der Waals surface area contributed by atoms with Crippen LogP contribution in [0.2, 0.25) is 5.02 Å². The van der Waals surface area contributed by atoms with E-state index in [1.807, 2.05) is 58.0 Å². The minimum Gasteiger partial charge on any atom is -0.354 e. The Balaban J connectivity index is 2.04. The van der Waals surface area contributed by atoms with Gasteiger partial charge in [-0.1, -0.05) is 67.4 Å². The van der Waals surface area contributed by atoms with Gasteiger partial charge in [0.1, 0.15) is 12.6 Å². The Morgan fingerprint density at radius 2 is 1.59 bits per heavy atom. The van der Waals surface area contributed by atoms with Crippen LogP contribution in [-0.2, 0) is 26.2 Å². The van der Waals surface area contributed by atoms with E-state index >= 15 is 0 Å². The third kappa shape index (κ3) is 7.83. The number of nitrogens with zero attached hydrogens (tertiary/aromatic N) is 2. The summed E-state index contributed by atoms with van der Waals surface area (Å²) in [6.45, 7) is 7.81. The van der Waals surface area contributed by atoms with Crippen molar-refractivity contribution in [2.45, 2.75) is 58.0 Å². The number of hydrogen-bond donors (Lipinski definition) is 1. The second-order valence-electron chi connectivity index (χ2n) is 9.53. The van der Waals surface area contributed by atoms with Crippen molar-refractivity contribution >= 4 is 39.1 Å². The fourth-order valence-electron chi connectivity index (χ4n) is 4.22. The highest BCUT2D eigenvalue weighted by molar-refractivity contribution is 7.92. The summed E-state index contributed by atoms with van der Waals surface area (Å²) in [6, 6.07) is 19.8. The summed E-state index contributed by atoms with van der Waals surface area (Å²) < 4.78 is 28.8. The van der Waals surface area contributed by atoms with Crippen LogP contribution in [0.15, 0.2) is 77.7 Å². The van der Waals surface area contributed by atoms with Crippen LogP contribution in [0.25, 0.3) is 0 Å². The van der Waals surface area contributed by atoms with Crippen molar-refractivity contribution in [3.05, 3.63) is 94.5 Å². The molecule has 3 rings (SSSR count). The maximum atomic E-state index is 14.0. The van der Waals surface area contributed by atoms with E-state index in [2.05, 4.69) is 5.32 Å². The molecule has 7 nitrogen and oxygen atoms in total. The molecule has 1 N–H and O–H groups in total. The quantitative estimate of drug-likeness (QED) is 0.313. The SMILES string of the molecule is CCCNC(=O)[C@H](CC)N(Cc1ccc(C)cc1)C(=O)CN(c1cccc(C)c1)S(=O)(=O)c1ccc(Cl)cc1. The Hall–Kier alpha value is -3.36. The lowest BCUT2D eigenvalue weighted by Crippen LogP contribution is -2.52. The number of sulfonamides is 1. The van der Waals surface area contributed by atoms with E-state index in [1.54, 1.807) is 18.2 Å². The topological polar surface area (TPSA) is 86.8 Å². The van der Waals surface area contributed by atoms with E-state index in [9.17, 15) is 18.0 Å². The summed E-state index contributed by atoms with van der Waals surface area (Å²) in [5, 5.41) is 3.29. The zero-order valence-electron chi connectivity index (χ0n) is 22.9. The van der Waals surface area contributed by atoms with Gasteiger partial charge in [-0.05, 0) is 74.2 Å². The second-order valence-corrected chi connectivity index (χ2v) is 11.8. The van der Waals surface area contributed by atoms with E-state index in [4.69, 9.17) is 11.6 Å². The fourth-order valence-corrected chi connectivity index (χ4v) is 5.75. The molecule has 39 heavy (non-hydrogen) atoms. The van der Waals surface area contributed by atoms with Gasteiger partial charge in [0, 0.05) is 18.1 Å². The van der Waals surface area contributed by atoms with Crippen molar-refractivity contribution in [3.8, 4) is 0 Å². The highest BCUT2D eigenvalue weighted by Crippen LogP contribution is 2.26. The predicted octanol–water partition coefficient (Wildman–Crippen LogP) is 5.49. The highest BCUT2D eigenvalue weighted by atomic mass is 35.5. The van der Waals surface area contributed by atoms with Gasteiger partial charge in [0.2, 0.25) is 11.8 Å². The largest absolute Gasteiger partial charge is 0.354 e. The summed E-state index contributed by atoms with van der Waals surface area (Å²) in [5.41, 5.74) is 3.12. The van der Waals surface area contributed by atoms with E-state index in [1.165, 1.54) is 29.2 Å². The van der Waals surface area contributed by atoms with E-state index in [-0.39, 0.29) is 17.3 Å². The standard InChI is InChI=1S/C30H36ClN3O4S/c1-5-18-32-30(36)28(6-2)33(20-24-12-10-22(3)11-13-24)29(35)21-34(26-9-7-8-23(4)19-26)39(37,38)27-16-14-25(31)15-17-27/h7-17,19,28H,5-6,18,20-21H2,1-4H3,(H,32,36)/t28-/m0/s1. The monoisotopic (exact) mass is 569 g/mol.